The first kappa shape index (κ1) is 19.6. The van der Waals surface area contributed by atoms with Crippen molar-refractivity contribution in [2.75, 3.05) is 13.7 Å². The Morgan fingerprint density at radius 1 is 1.18 bits per heavy atom. The predicted molar refractivity (Wildman–Crippen MR) is 110 cm³/mol. The minimum atomic E-state index is -0.636. The van der Waals surface area contributed by atoms with Crippen molar-refractivity contribution in [2.24, 2.45) is 4.99 Å². The van der Waals surface area contributed by atoms with Crippen LogP contribution in [0.25, 0.3) is 6.08 Å². The fourth-order valence-corrected chi connectivity index (χ4v) is 3.60. The molecule has 0 aromatic heterocycles. The number of aliphatic hydroxyl groups excluding tert-OH is 1. The van der Waals surface area contributed by atoms with E-state index in [4.69, 9.17) is 9.47 Å². The van der Waals surface area contributed by atoms with E-state index in [9.17, 15) is 15.0 Å². The highest BCUT2D eigenvalue weighted by Crippen LogP contribution is 2.41. The topological polar surface area (TPSA) is 88.4 Å². The highest BCUT2D eigenvalue weighted by atomic mass is 32.2. The molecule has 0 unspecified atom stereocenters. The van der Waals surface area contributed by atoms with Gasteiger partial charge in [-0.15, -0.1) is 0 Å². The molecule has 28 heavy (non-hydrogen) atoms. The second kappa shape index (κ2) is 8.67. The lowest BCUT2D eigenvalue weighted by molar-refractivity contribution is -0.138. The third kappa shape index (κ3) is 4.20. The van der Waals surface area contributed by atoms with Crippen molar-refractivity contribution in [3.8, 4) is 11.5 Å². The van der Waals surface area contributed by atoms with E-state index in [0.29, 0.717) is 26.9 Å². The molecular weight excluding hydrogens is 378 g/mol. The average molecular weight is 397 g/mol. The molecule has 144 valence electrons. The zero-order valence-electron chi connectivity index (χ0n) is 15.4. The number of aliphatic hydroxyl groups is 1. The molecule has 0 spiro atoms. The zero-order valence-corrected chi connectivity index (χ0v) is 16.2. The summed E-state index contributed by atoms with van der Waals surface area (Å²) in [6.45, 7) is 1.88. The van der Waals surface area contributed by atoms with Crippen molar-refractivity contribution in [1.82, 2.24) is 0 Å². The molecule has 0 fully saturated rings. The second-order valence-electron chi connectivity index (χ2n) is 5.73. The van der Waals surface area contributed by atoms with Crippen molar-refractivity contribution in [3.63, 3.8) is 0 Å². The molecule has 0 amide bonds. The molecule has 0 radical (unpaired) electrons. The van der Waals surface area contributed by atoms with Crippen LogP contribution in [0.1, 0.15) is 12.5 Å². The first-order chi connectivity index (χ1) is 13.5. The quantitative estimate of drug-likeness (QED) is 0.717. The van der Waals surface area contributed by atoms with Crippen LogP contribution in [0, 0.1) is 0 Å². The summed E-state index contributed by atoms with van der Waals surface area (Å²) in [5, 5.41) is 20.7. The van der Waals surface area contributed by atoms with Gasteiger partial charge in [0.1, 0.15) is 27.9 Å². The van der Waals surface area contributed by atoms with Crippen LogP contribution in [-0.4, -0.2) is 34.9 Å². The fraction of sp³-hybridized carbons (Fsp3) is 0.143. The maximum atomic E-state index is 12.4. The first-order valence-electron chi connectivity index (χ1n) is 8.55. The van der Waals surface area contributed by atoms with Gasteiger partial charge in [-0.2, -0.15) is 0 Å². The van der Waals surface area contributed by atoms with E-state index in [-0.39, 0.29) is 23.7 Å². The van der Waals surface area contributed by atoms with Crippen molar-refractivity contribution in [2.45, 2.75) is 6.92 Å². The smallest absolute Gasteiger partial charge is 0.344 e. The molecule has 0 bridgehead atoms. The Bertz CT molecular complexity index is 980. The van der Waals surface area contributed by atoms with Crippen LogP contribution in [0.5, 0.6) is 11.5 Å². The molecule has 3 rings (SSSR count). The van der Waals surface area contributed by atoms with Gasteiger partial charge in [0.15, 0.2) is 0 Å². The van der Waals surface area contributed by atoms with Gasteiger partial charge in [-0.05, 0) is 37.3 Å². The number of hydrogen-bond donors (Lipinski definition) is 2. The zero-order chi connectivity index (χ0) is 20.1. The van der Waals surface area contributed by atoms with Gasteiger partial charge < -0.3 is 19.7 Å². The van der Waals surface area contributed by atoms with Gasteiger partial charge in [-0.3, -0.25) is 0 Å². The molecule has 2 N–H and O–H groups in total. The Hall–Kier alpha value is -3.19. The third-order valence-electron chi connectivity index (χ3n) is 3.86. The Balaban J connectivity index is 2.07. The number of aliphatic imine (C=N–C) groups is 1. The number of para-hydroxylation sites is 1. The minimum Gasteiger partial charge on any atom is -0.508 e. The molecule has 0 atom stereocenters. The Morgan fingerprint density at radius 3 is 2.61 bits per heavy atom. The number of nitrogens with zero attached hydrogens (tertiary/aromatic N) is 1. The SMILES string of the molecule is CCOC(=O)C1=C(O)C(=Cc2ccc(O)cc2OC)SC1=Nc1ccccc1. The van der Waals surface area contributed by atoms with Crippen LogP contribution in [0.2, 0.25) is 0 Å². The van der Waals surface area contributed by atoms with Gasteiger partial charge in [-0.1, -0.05) is 30.0 Å². The molecule has 1 heterocycles. The van der Waals surface area contributed by atoms with E-state index in [1.807, 2.05) is 18.2 Å². The van der Waals surface area contributed by atoms with Gasteiger partial charge >= 0.3 is 5.97 Å². The summed E-state index contributed by atoms with van der Waals surface area (Å²) in [6, 6.07) is 13.8. The number of esters is 1. The molecule has 0 aliphatic carbocycles. The normalized spacial score (nSPS) is 16.6. The Labute approximate surface area is 166 Å². The van der Waals surface area contributed by atoms with E-state index >= 15 is 0 Å². The lowest BCUT2D eigenvalue weighted by Gasteiger charge is -2.06. The molecule has 0 saturated heterocycles. The molecule has 2 aromatic rings. The van der Waals surface area contributed by atoms with Crippen LogP contribution in [-0.2, 0) is 9.53 Å². The number of methoxy groups -OCH3 is 1. The first-order valence-corrected chi connectivity index (χ1v) is 9.36. The van der Waals surface area contributed by atoms with Gasteiger partial charge in [-0.25, -0.2) is 9.79 Å². The third-order valence-corrected chi connectivity index (χ3v) is 4.88. The highest BCUT2D eigenvalue weighted by molar-refractivity contribution is 8.18. The van der Waals surface area contributed by atoms with Crippen molar-refractivity contribution >= 4 is 34.5 Å². The van der Waals surface area contributed by atoms with Gasteiger partial charge in [0.2, 0.25) is 0 Å². The van der Waals surface area contributed by atoms with E-state index in [1.165, 1.54) is 19.2 Å². The maximum absolute atomic E-state index is 12.4. The van der Waals surface area contributed by atoms with Gasteiger partial charge in [0.05, 0.1) is 24.3 Å². The minimum absolute atomic E-state index is 0.0275. The summed E-state index contributed by atoms with van der Waals surface area (Å²) in [4.78, 5) is 17.3. The molecule has 2 aromatic carbocycles. The lowest BCUT2D eigenvalue weighted by Crippen LogP contribution is -2.12. The summed E-state index contributed by atoms with van der Waals surface area (Å²) < 4.78 is 10.4. The number of hydrogen-bond acceptors (Lipinski definition) is 7. The number of carbonyl (C=O) groups is 1. The van der Waals surface area contributed by atoms with Crippen LogP contribution in [0.15, 0.2) is 69.8 Å². The van der Waals surface area contributed by atoms with E-state index in [1.54, 1.807) is 31.2 Å². The van der Waals surface area contributed by atoms with Crippen molar-refractivity contribution in [1.29, 1.82) is 0 Å². The average Bonchev–Trinajstić information content (AvgIpc) is 2.99. The van der Waals surface area contributed by atoms with E-state index in [0.717, 1.165) is 11.8 Å². The van der Waals surface area contributed by atoms with Crippen LogP contribution >= 0.6 is 11.8 Å². The largest absolute Gasteiger partial charge is 0.508 e. The van der Waals surface area contributed by atoms with E-state index < -0.39 is 5.97 Å². The number of phenolic OH excluding ortho intramolecular Hbond substituents is 1. The Morgan fingerprint density at radius 2 is 1.93 bits per heavy atom. The van der Waals surface area contributed by atoms with Gasteiger partial charge in [0, 0.05) is 11.6 Å². The summed E-state index contributed by atoms with van der Waals surface area (Å²) in [5.74, 6) is -0.333. The fourth-order valence-electron chi connectivity index (χ4n) is 2.57. The molecule has 1 aliphatic rings. The molecular formula is C21H19NO5S. The van der Waals surface area contributed by atoms with E-state index in [2.05, 4.69) is 4.99 Å². The standard InChI is InChI=1S/C21H19NO5S/c1-3-27-21(25)18-19(24)17(11-13-9-10-15(23)12-16(13)26-2)28-20(18)22-14-7-5-4-6-8-14/h4-12,23-24H,3H2,1-2H3. The van der Waals surface area contributed by atoms with Crippen LogP contribution in [0.4, 0.5) is 5.69 Å². The second-order valence-corrected chi connectivity index (χ2v) is 6.76. The highest BCUT2D eigenvalue weighted by Gasteiger charge is 2.33. The number of phenols is 1. The number of rotatable bonds is 5. The summed E-state index contributed by atoms with van der Waals surface area (Å²) in [6.07, 6.45) is 1.67. The molecule has 6 nitrogen and oxygen atoms in total. The number of carbonyl (C=O) groups excluding carboxylic acids is 1. The van der Waals surface area contributed by atoms with Crippen molar-refractivity contribution in [3.05, 3.63) is 70.3 Å². The number of ether oxygens (including phenoxy) is 2. The Kier molecular flexibility index (Phi) is 6.06. The predicted octanol–water partition coefficient (Wildman–Crippen LogP) is 4.59. The summed E-state index contributed by atoms with van der Waals surface area (Å²) in [7, 11) is 1.49. The molecule has 1 aliphatic heterocycles. The molecule has 0 saturated carbocycles. The summed E-state index contributed by atoms with van der Waals surface area (Å²) in [5.41, 5.74) is 1.32. The number of benzene rings is 2. The monoisotopic (exact) mass is 397 g/mol. The number of aromatic hydroxyl groups is 1. The molecule has 7 heteroatoms. The summed E-state index contributed by atoms with van der Waals surface area (Å²) >= 11 is 1.16. The lowest BCUT2D eigenvalue weighted by atomic mass is 10.1. The van der Waals surface area contributed by atoms with Gasteiger partial charge in [0.25, 0.3) is 0 Å². The van der Waals surface area contributed by atoms with Crippen LogP contribution in [0.3, 0.4) is 0 Å². The van der Waals surface area contributed by atoms with Crippen molar-refractivity contribution < 1.29 is 24.5 Å². The number of thioether (sulfide) groups is 1. The maximum Gasteiger partial charge on any atom is 0.344 e. The van der Waals surface area contributed by atoms with Crippen LogP contribution < -0.4 is 4.74 Å².